The van der Waals surface area contributed by atoms with Gasteiger partial charge in [-0.2, -0.15) is 4.39 Å². The van der Waals surface area contributed by atoms with Gasteiger partial charge in [-0.25, -0.2) is 18.0 Å². The number of ether oxygens (including phenoxy) is 2. The SMILES string of the molecule is C=CCCOc1ccc(C2CCC(OC(=O)c3ccc(-c4ccc(C(O)CCC)cc4)c(F)c3F)CC2)c(F)c1F. The molecule has 0 heterocycles. The van der Waals surface area contributed by atoms with Crippen LogP contribution in [0.2, 0.25) is 0 Å². The number of halogens is 4. The van der Waals surface area contributed by atoms with Crippen LogP contribution in [0.3, 0.4) is 0 Å². The van der Waals surface area contributed by atoms with E-state index < -0.39 is 47.0 Å². The van der Waals surface area contributed by atoms with Gasteiger partial charge < -0.3 is 14.6 Å². The predicted octanol–water partition coefficient (Wildman–Crippen LogP) is 8.58. The van der Waals surface area contributed by atoms with E-state index >= 15 is 0 Å². The Bertz CT molecular complexity index is 1360. The number of hydrogen-bond donors (Lipinski definition) is 1. The van der Waals surface area contributed by atoms with Gasteiger partial charge in [0.1, 0.15) is 6.10 Å². The molecule has 4 rings (SSSR count). The van der Waals surface area contributed by atoms with Crippen molar-refractivity contribution in [1.29, 1.82) is 0 Å². The molecule has 3 aromatic carbocycles. The number of esters is 1. The molecule has 1 unspecified atom stereocenters. The fourth-order valence-corrected chi connectivity index (χ4v) is 5.19. The number of aliphatic hydroxyl groups is 1. The summed E-state index contributed by atoms with van der Waals surface area (Å²) in [5, 5.41) is 10.1. The molecule has 0 saturated heterocycles. The van der Waals surface area contributed by atoms with E-state index in [0.717, 1.165) is 6.42 Å². The molecule has 3 aromatic rings. The molecular formula is C33H34F4O4. The molecule has 8 heteroatoms. The van der Waals surface area contributed by atoms with E-state index in [-0.39, 0.29) is 29.4 Å². The highest BCUT2D eigenvalue weighted by Crippen LogP contribution is 2.38. The lowest BCUT2D eigenvalue weighted by molar-refractivity contribution is 0.0188. The summed E-state index contributed by atoms with van der Waals surface area (Å²) in [4.78, 5) is 12.7. The second-order valence-corrected chi connectivity index (χ2v) is 10.3. The number of carbonyl (C=O) groups excluding carboxylic acids is 1. The molecule has 1 N–H and O–H groups in total. The molecule has 4 nitrogen and oxygen atoms in total. The van der Waals surface area contributed by atoms with E-state index in [1.165, 1.54) is 24.3 Å². The van der Waals surface area contributed by atoms with Gasteiger partial charge in [-0.1, -0.05) is 55.8 Å². The van der Waals surface area contributed by atoms with Crippen LogP contribution in [0.1, 0.15) is 85.4 Å². The van der Waals surface area contributed by atoms with Crippen molar-refractivity contribution in [1.82, 2.24) is 0 Å². The van der Waals surface area contributed by atoms with Crippen molar-refractivity contribution in [3.05, 3.63) is 101 Å². The summed E-state index contributed by atoms with van der Waals surface area (Å²) < 4.78 is 69.9. The zero-order chi connectivity index (χ0) is 29.5. The fraction of sp³-hybridized carbons (Fsp3) is 0.364. The van der Waals surface area contributed by atoms with Crippen LogP contribution < -0.4 is 4.74 Å². The predicted molar refractivity (Wildman–Crippen MR) is 149 cm³/mol. The zero-order valence-electron chi connectivity index (χ0n) is 23.0. The van der Waals surface area contributed by atoms with Crippen molar-refractivity contribution in [3.63, 3.8) is 0 Å². The Morgan fingerprint density at radius 1 is 0.951 bits per heavy atom. The summed E-state index contributed by atoms with van der Waals surface area (Å²) >= 11 is 0. The zero-order valence-corrected chi connectivity index (χ0v) is 23.0. The minimum atomic E-state index is -1.30. The summed E-state index contributed by atoms with van der Waals surface area (Å²) in [6.45, 7) is 5.71. The molecule has 0 bridgehead atoms. The van der Waals surface area contributed by atoms with Crippen molar-refractivity contribution in [2.45, 2.75) is 70.0 Å². The first-order valence-corrected chi connectivity index (χ1v) is 13.9. The lowest BCUT2D eigenvalue weighted by Gasteiger charge is -2.29. The van der Waals surface area contributed by atoms with Crippen LogP contribution in [0, 0.1) is 23.3 Å². The third-order valence-electron chi connectivity index (χ3n) is 7.51. The number of aliphatic hydroxyl groups excluding tert-OH is 1. The summed E-state index contributed by atoms with van der Waals surface area (Å²) in [6.07, 6.45) is 3.94. The van der Waals surface area contributed by atoms with Crippen molar-refractivity contribution < 1.29 is 36.9 Å². The number of hydrogen-bond acceptors (Lipinski definition) is 4. The Hall–Kier alpha value is -3.65. The Kier molecular flexibility index (Phi) is 10.2. The van der Waals surface area contributed by atoms with Crippen molar-refractivity contribution in [2.24, 2.45) is 0 Å². The molecule has 0 aliphatic heterocycles. The highest BCUT2D eigenvalue weighted by Gasteiger charge is 2.30. The minimum Gasteiger partial charge on any atom is -0.490 e. The molecule has 218 valence electrons. The maximum atomic E-state index is 15.0. The third-order valence-corrected chi connectivity index (χ3v) is 7.51. The second kappa shape index (κ2) is 13.8. The van der Waals surface area contributed by atoms with Crippen LogP contribution >= 0.6 is 0 Å². The lowest BCUT2D eigenvalue weighted by Crippen LogP contribution is -2.25. The Balaban J connectivity index is 1.37. The highest BCUT2D eigenvalue weighted by molar-refractivity contribution is 5.90. The monoisotopic (exact) mass is 570 g/mol. The normalized spacial score (nSPS) is 17.6. The van der Waals surface area contributed by atoms with E-state index in [1.54, 1.807) is 30.3 Å². The smallest absolute Gasteiger partial charge is 0.341 e. The van der Waals surface area contributed by atoms with Crippen molar-refractivity contribution in [2.75, 3.05) is 6.61 Å². The van der Waals surface area contributed by atoms with Gasteiger partial charge in [0.05, 0.1) is 18.3 Å². The van der Waals surface area contributed by atoms with E-state index in [9.17, 15) is 27.5 Å². The third kappa shape index (κ3) is 6.99. The second-order valence-electron chi connectivity index (χ2n) is 10.3. The van der Waals surface area contributed by atoms with E-state index in [1.807, 2.05) is 6.92 Å². The van der Waals surface area contributed by atoms with Gasteiger partial charge in [0.2, 0.25) is 5.82 Å². The molecule has 1 fully saturated rings. The molecule has 1 aliphatic rings. The van der Waals surface area contributed by atoms with Crippen LogP contribution in [0.4, 0.5) is 17.6 Å². The van der Waals surface area contributed by atoms with E-state index in [2.05, 4.69) is 6.58 Å². The fourth-order valence-electron chi connectivity index (χ4n) is 5.19. The highest BCUT2D eigenvalue weighted by atomic mass is 19.2. The maximum absolute atomic E-state index is 15.0. The molecule has 41 heavy (non-hydrogen) atoms. The van der Waals surface area contributed by atoms with Gasteiger partial charge >= 0.3 is 5.97 Å². The molecule has 1 aliphatic carbocycles. The maximum Gasteiger partial charge on any atom is 0.341 e. The van der Waals surface area contributed by atoms with Gasteiger partial charge in [-0.05, 0) is 73.3 Å². The molecule has 0 amide bonds. The van der Waals surface area contributed by atoms with Crippen LogP contribution in [0.25, 0.3) is 11.1 Å². The first kappa shape index (κ1) is 30.3. The van der Waals surface area contributed by atoms with Crippen LogP contribution in [0.15, 0.2) is 61.2 Å². The van der Waals surface area contributed by atoms with E-state index in [4.69, 9.17) is 9.47 Å². The molecule has 0 radical (unpaired) electrons. The molecule has 1 atom stereocenters. The molecular weight excluding hydrogens is 536 g/mol. The summed E-state index contributed by atoms with van der Waals surface area (Å²) in [5.74, 6) is -5.86. The number of rotatable bonds is 11. The van der Waals surface area contributed by atoms with Crippen molar-refractivity contribution >= 4 is 5.97 Å². The van der Waals surface area contributed by atoms with Crippen LogP contribution in [0.5, 0.6) is 5.75 Å². The average Bonchev–Trinajstić information content (AvgIpc) is 2.97. The molecule has 0 aromatic heterocycles. The number of benzene rings is 3. The van der Waals surface area contributed by atoms with Gasteiger partial charge in [0.25, 0.3) is 0 Å². The van der Waals surface area contributed by atoms with Crippen LogP contribution in [-0.2, 0) is 4.74 Å². The first-order valence-electron chi connectivity index (χ1n) is 13.9. The van der Waals surface area contributed by atoms with E-state index in [0.29, 0.717) is 49.7 Å². The Morgan fingerprint density at radius 3 is 2.32 bits per heavy atom. The topological polar surface area (TPSA) is 55.8 Å². The standard InChI is InChI=1S/C33H34F4O4/c1-3-5-19-40-28-18-17-25(30(35)32(28)37)21-11-13-23(14-12-21)41-33(39)26-16-15-24(29(34)31(26)36)20-7-9-22(10-8-20)27(38)6-4-2/h3,7-10,15-18,21,23,27,38H,1,4-6,11-14,19H2,2H3. The summed E-state index contributed by atoms with van der Waals surface area (Å²) in [5.41, 5.74) is 0.808. The summed E-state index contributed by atoms with van der Waals surface area (Å²) in [6, 6.07) is 12.0. The first-order chi connectivity index (χ1) is 19.7. The number of carbonyl (C=O) groups is 1. The largest absolute Gasteiger partial charge is 0.490 e. The summed E-state index contributed by atoms with van der Waals surface area (Å²) in [7, 11) is 0. The lowest BCUT2D eigenvalue weighted by atomic mass is 9.82. The molecule has 0 spiro atoms. The Morgan fingerprint density at radius 2 is 1.66 bits per heavy atom. The van der Waals surface area contributed by atoms with Gasteiger partial charge in [0.15, 0.2) is 23.2 Å². The van der Waals surface area contributed by atoms with Crippen molar-refractivity contribution in [3.8, 4) is 16.9 Å². The van der Waals surface area contributed by atoms with Gasteiger partial charge in [-0.3, -0.25) is 0 Å². The van der Waals surface area contributed by atoms with Gasteiger partial charge in [-0.15, -0.1) is 6.58 Å². The minimum absolute atomic E-state index is 0.0116. The van der Waals surface area contributed by atoms with Gasteiger partial charge in [0, 0.05) is 5.56 Å². The quantitative estimate of drug-likeness (QED) is 0.109. The molecule has 1 saturated carbocycles. The average molecular weight is 571 g/mol. The van der Waals surface area contributed by atoms with Crippen LogP contribution in [-0.4, -0.2) is 23.8 Å². The Labute approximate surface area is 237 Å².